The highest BCUT2D eigenvalue weighted by Gasteiger charge is 2.26. The number of carbonyl (C=O) groups is 1. The fourth-order valence-corrected chi connectivity index (χ4v) is 2.07. The molecule has 0 saturated heterocycles. The smallest absolute Gasteiger partial charge is 0.251 e. The topological polar surface area (TPSA) is 55.1 Å². The van der Waals surface area contributed by atoms with Crippen molar-refractivity contribution in [1.82, 2.24) is 5.32 Å². The lowest BCUT2D eigenvalue weighted by Gasteiger charge is -2.33. The molecule has 0 spiro atoms. The lowest BCUT2D eigenvalue weighted by Crippen LogP contribution is -2.43. The quantitative estimate of drug-likeness (QED) is 0.747. The Morgan fingerprint density at radius 2 is 2.12 bits per heavy atom. The van der Waals surface area contributed by atoms with E-state index in [-0.39, 0.29) is 5.91 Å². The summed E-state index contributed by atoms with van der Waals surface area (Å²) in [5.41, 5.74) is 8.12. The largest absolute Gasteiger partial charge is 0.398 e. The third-order valence-corrected chi connectivity index (χ3v) is 3.25. The highest BCUT2D eigenvalue weighted by atomic mass is 16.1. The van der Waals surface area contributed by atoms with Gasteiger partial charge in [-0.25, -0.2) is 0 Å². The van der Waals surface area contributed by atoms with Crippen LogP contribution in [0.15, 0.2) is 18.2 Å². The number of aryl methyl sites for hydroxylation is 1. The average molecular weight is 218 g/mol. The maximum Gasteiger partial charge on any atom is 0.251 e. The number of amides is 1. The number of carbonyl (C=O) groups excluding carboxylic acids is 1. The van der Waals surface area contributed by atoms with Crippen LogP contribution in [0.5, 0.6) is 0 Å². The highest BCUT2D eigenvalue weighted by molar-refractivity contribution is 5.95. The number of anilines is 1. The molecular weight excluding hydrogens is 200 g/mol. The lowest BCUT2D eigenvalue weighted by atomic mass is 9.82. The molecule has 16 heavy (non-hydrogen) atoms. The van der Waals surface area contributed by atoms with Crippen molar-refractivity contribution >= 4 is 11.6 Å². The van der Waals surface area contributed by atoms with Crippen molar-refractivity contribution in [3.63, 3.8) is 0 Å². The standard InChI is InChI=1S/C13H18N2O/c1-8-5-11(6-8)15-13(16)10-4-3-9(2)12(14)7-10/h3-4,7-8,11H,5-6,14H2,1-2H3,(H,15,16). The molecule has 1 amide bonds. The molecule has 1 aliphatic carbocycles. The van der Waals surface area contributed by atoms with E-state index >= 15 is 0 Å². The van der Waals surface area contributed by atoms with E-state index in [9.17, 15) is 4.79 Å². The number of hydrogen-bond donors (Lipinski definition) is 2. The second-order valence-corrected chi connectivity index (χ2v) is 4.82. The summed E-state index contributed by atoms with van der Waals surface area (Å²) < 4.78 is 0. The first-order valence-corrected chi connectivity index (χ1v) is 5.73. The van der Waals surface area contributed by atoms with Gasteiger partial charge in [0.1, 0.15) is 0 Å². The van der Waals surface area contributed by atoms with Crippen LogP contribution >= 0.6 is 0 Å². The van der Waals surface area contributed by atoms with Gasteiger partial charge in [0, 0.05) is 17.3 Å². The number of rotatable bonds is 2. The Bertz CT molecular complexity index is 408. The van der Waals surface area contributed by atoms with Crippen LogP contribution in [0.2, 0.25) is 0 Å². The maximum atomic E-state index is 11.9. The van der Waals surface area contributed by atoms with Gasteiger partial charge in [-0.15, -0.1) is 0 Å². The minimum absolute atomic E-state index is 0.0106. The summed E-state index contributed by atoms with van der Waals surface area (Å²) in [5, 5.41) is 3.02. The Balaban J connectivity index is 2.01. The van der Waals surface area contributed by atoms with Crippen LogP contribution in [-0.4, -0.2) is 11.9 Å². The van der Waals surface area contributed by atoms with E-state index < -0.39 is 0 Å². The molecule has 0 radical (unpaired) electrons. The zero-order valence-corrected chi connectivity index (χ0v) is 9.79. The van der Waals surface area contributed by atoms with Crippen molar-refractivity contribution < 1.29 is 4.79 Å². The van der Waals surface area contributed by atoms with Gasteiger partial charge in [-0.1, -0.05) is 13.0 Å². The normalized spacial score (nSPS) is 23.6. The summed E-state index contributed by atoms with van der Waals surface area (Å²) in [5.74, 6) is 0.733. The van der Waals surface area contributed by atoms with Gasteiger partial charge in [-0.05, 0) is 43.4 Å². The molecular formula is C13H18N2O. The van der Waals surface area contributed by atoms with Crippen LogP contribution in [-0.2, 0) is 0 Å². The van der Waals surface area contributed by atoms with Crippen molar-refractivity contribution in [2.45, 2.75) is 32.7 Å². The Labute approximate surface area is 96.0 Å². The fourth-order valence-electron chi connectivity index (χ4n) is 2.07. The van der Waals surface area contributed by atoms with Crippen LogP contribution in [0.4, 0.5) is 5.69 Å². The van der Waals surface area contributed by atoms with E-state index in [1.54, 1.807) is 6.07 Å². The summed E-state index contributed by atoms with van der Waals surface area (Å²) in [7, 11) is 0. The van der Waals surface area contributed by atoms with E-state index in [1.165, 1.54) is 0 Å². The first-order chi connectivity index (χ1) is 7.56. The average Bonchev–Trinajstić information content (AvgIpc) is 2.19. The zero-order chi connectivity index (χ0) is 11.7. The van der Waals surface area contributed by atoms with Crippen molar-refractivity contribution in [3.8, 4) is 0 Å². The molecule has 1 aromatic carbocycles. The van der Waals surface area contributed by atoms with Crippen LogP contribution < -0.4 is 11.1 Å². The number of nitrogens with one attached hydrogen (secondary N) is 1. The molecule has 0 aromatic heterocycles. The molecule has 3 nitrogen and oxygen atoms in total. The van der Waals surface area contributed by atoms with Gasteiger partial charge in [0.2, 0.25) is 0 Å². The van der Waals surface area contributed by atoms with Gasteiger partial charge in [0.05, 0.1) is 0 Å². The molecule has 1 aliphatic rings. The molecule has 1 aromatic rings. The van der Waals surface area contributed by atoms with Crippen molar-refractivity contribution in [3.05, 3.63) is 29.3 Å². The van der Waals surface area contributed by atoms with Crippen molar-refractivity contribution in [2.75, 3.05) is 5.73 Å². The molecule has 3 heteroatoms. The van der Waals surface area contributed by atoms with Crippen LogP contribution in [0.3, 0.4) is 0 Å². The molecule has 0 heterocycles. The Morgan fingerprint density at radius 1 is 1.44 bits per heavy atom. The third-order valence-electron chi connectivity index (χ3n) is 3.25. The van der Waals surface area contributed by atoms with Crippen molar-refractivity contribution in [2.24, 2.45) is 5.92 Å². The molecule has 0 bridgehead atoms. The summed E-state index contributed by atoms with van der Waals surface area (Å²) in [4.78, 5) is 11.9. The monoisotopic (exact) mass is 218 g/mol. The molecule has 0 atom stereocenters. The van der Waals surface area contributed by atoms with Gasteiger partial charge in [-0.3, -0.25) is 4.79 Å². The van der Waals surface area contributed by atoms with Crippen LogP contribution in [0, 0.1) is 12.8 Å². The van der Waals surface area contributed by atoms with Crippen LogP contribution in [0.25, 0.3) is 0 Å². The molecule has 1 fully saturated rings. The maximum absolute atomic E-state index is 11.9. The number of nitrogens with two attached hydrogens (primary N) is 1. The van der Waals surface area contributed by atoms with Gasteiger partial charge >= 0.3 is 0 Å². The van der Waals surface area contributed by atoms with Crippen molar-refractivity contribution in [1.29, 1.82) is 0 Å². The fraction of sp³-hybridized carbons (Fsp3) is 0.462. The first kappa shape index (κ1) is 11.0. The van der Waals surface area contributed by atoms with E-state index in [0.29, 0.717) is 17.3 Å². The summed E-state index contributed by atoms with van der Waals surface area (Å²) in [6.45, 7) is 4.14. The zero-order valence-electron chi connectivity index (χ0n) is 9.79. The Hall–Kier alpha value is -1.51. The predicted molar refractivity (Wildman–Crippen MR) is 65.2 cm³/mol. The molecule has 2 rings (SSSR count). The summed E-state index contributed by atoms with van der Waals surface area (Å²) in [6, 6.07) is 5.80. The Kier molecular flexibility index (Phi) is 2.86. The number of nitrogen functional groups attached to an aromatic ring is 1. The minimum atomic E-state index is -0.0106. The molecule has 86 valence electrons. The SMILES string of the molecule is Cc1ccc(C(=O)NC2CC(C)C2)cc1N. The molecule has 0 aliphatic heterocycles. The highest BCUT2D eigenvalue weighted by Crippen LogP contribution is 2.26. The van der Waals surface area contributed by atoms with E-state index in [1.807, 2.05) is 19.1 Å². The number of hydrogen-bond acceptors (Lipinski definition) is 2. The third kappa shape index (κ3) is 2.18. The van der Waals surface area contributed by atoms with E-state index in [2.05, 4.69) is 12.2 Å². The minimum Gasteiger partial charge on any atom is -0.398 e. The number of benzene rings is 1. The van der Waals surface area contributed by atoms with Crippen LogP contribution in [0.1, 0.15) is 35.7 Å². The van der Waals surface area contributed by atoms with E-state index in [4.69, 9.17) is 5.73 Å². The summed E-state index contributed by atoms with van der Waals surface area (Å²) in [6.07, 6.45) is 2.18. The van der Waals surface area contributed by atoms with Gasteiger partial charge < -0.3 is 11.1 Å². The molecule has 3 N–H and O–H groups in total. The predicted octanol–water partition coefficient (Wildman–Crippen LogP) is 2.11. The van der Waals surface area contributed by atoms with Gasteiger partial charge in [0.15, 0.2) is 0 Å². The molecule has 0 unspecified atom stereocenters. The van der Waals surface area contributed by atoms with Gasteiger partial charge in [-0.2, -0.15) is 0 Å². The second kappa shape index (κ2) is 4.16. The Morgan fingerprint density at radius 3 is 2.69 bits per heavy atom. The summed E-state index contributed by atoms with van der Waals surface area (Å²) >= 11 is 0. The first-order valence-electron chi connectivity index (χ1n) is 5.73. The van der Waals surface area contributed by atoms with Gasteiger partial charge in [0.25, 0.3) is 5.91 Å². The van der Waals surface area contributed by atoms with E-state index in [0.717, 1.165) is 24.3 Å². The lowest BCUT2D eigenvalue weighted by molar-refractivity contribution is 0.0896. The molecule has 1 saturated carbocycles. The second-order valence-electron chi connectivity index (χ2n) is 4.82.